The van der Waals surface area contributed by atoms with E-state index in [0.717, 1.165) is 23.2 Å². The normalized spacial score (nSPS) is 15.9. The van der Waals surface area contributed by atoms with Gasteiger partial charge in [0, 0.05) is 12.2 Å². The third-order valence-electron chi connectivity index (χ3n) is 5.65. The zero-order valence-corrected chi connectivity index (χ0v) is 17.2. The minimum Gasteiger partial charge on any atom is -0.336 e. The SMILES string of the molecule is Cc1ccc(C2=C(N3CCc4ccccc43)C(=O)N(c3ccccc3Cl)C2=O)cc1. The predicted octanol–water partition coefficient (Wildman–Crippen LogP) is 5.00. The van der Waals surface area contributed by atoms with E-state index in [-0.39, 0.29) is 11.8 Å². The second kappa shape index (κ2) is 7.15. The third-order valence-corrected chi connectivity index (χ3v) is 5.97. The fourth-order valence-corrected chi connectivity index (χ4v) is 4.39. The van der Waals surface area contributed by atoms with Crippen LogP contribution in [0.1, 0.15) is 16.7 Å². The summed E-state index contributed by atoms with van der Waals surface area (Å²) in [5.74, 6) is -0.697. The monoisotopic (exact) mass is 414 g/mol. The fraction of sp³-hybridized carbons (Fsp3) is 0.120. The minimum atomic E-state index is -0.351. The number of carbonyl (C=O) groups excluding carboxylic acids is 2. The summed E-state index contributed by atoms with van der Waals surface area (Å²) >= 11 is 6.36. The Morgan fingerprint density at radius 1 is 0.800 bits per heavy atom. The molecule has 2 amide bonds. The van der Waals surface area contributed by atoms with E-state index in [9.17, 15) is 9.59 Å². The Kier molecular flexibility index (Phi) is 4.44. The van der Waals surface area contributed by atoms with Crippen molar-refractivity contribution in [3.63, 3.8) is 0 Å². The number of aryl methyl sites for hydroxylation is 1. The van der Waals surface area contributed by atoms with Crippen molar-refractivity contribution in [1.82, 2.24) is 0 Å². The molecule has 0 bridgehead atoms. The first-order valence-electron chi connectivity index (χ1n) is 9.86. The van der Waals surface area contributed by atoms with Crippen molar-refractivity contribution >= 4 is 40.4 Å². The quantitative estimate of drug-likeness (QED) is 0.566. The van der Waals surface area contributed by atoms with Crippen molar-refractivity contribution in [2.24, 2.45) is 0 Å². The average molecular weight is 415 g/mol. The van der Waals surface area contributed by atoms with E-state index in [1.54, 1.807) is 24.3 Å². The molecule has 2 aliphatic rings. The van der Waals surface area contributed by atoms with Gasteiger partial charge in [-0.25, -0.2) is 4.90 Å². The van der Waals surface area contributed by atoms with E-state index in [1.807, 2.05) is 54.3 Å². The molecule has 0 saturated carbocycles. The molecule has 0 aliphatic carbocycles. The third kappa shape index (κ3) is 2.84. The number of halogens is 1. The number of amides is 2. The summed E-state index contributed by atoms with van der Waals surface area (Å²) in [7, 11) is 0. The van der Waals surface area contributed by atoms with Crippen molar-refractivity contribution in [3.8, 4) is 0 Å². The molecular weight excluding hydrogens is 396 g/mol. The number of rotatable bonds is 3. The van der Waals surface area contributed by atoms with E-state index in [4.69, 9.17) is 11.6 Å². The van der Waals surface area contributed by atoms with E-state index in [1.165, 1.54) is 10.5 Å². The van der Waals surface area contributed by atoms with Crippen molar-refractivity contribution < 1.29 is 9.59 Å². The van der Waals surface area contributed by atoms with Crippen LogP contribution in [-0.4, -0.2) is 18.4 Å². The molecule has 2 aliphatic heterocycles. The fourth-order valence-electron chi connectivity index (χ4n) is 4.17. The summed E-state index contributed by atoms with van der Waals surface area (Å²) in [6.07, 6.45) is 0.828. The van der Waals surface area contributed by atoms with Crippen LogP contribution in [0.4, 0.5) is 11.4 Å². The molecule has 0 radical (unpaired) electrons. The molecule has 148 valence electrons. The molecule has 0 saturated heterocycles. The standard InChI is InChI=1S/C25H19ClN2O2/c1-16-10-12-18(13-11-16)22-23(27-15-14-17-6-2-4-8-20(17)27)25(30)28(24(22)29)21-9-5-3-7-19(21)26/h2-13H,14-15H2,1H3. The molecule has 0 fully saturated rings. The van der Waals surface area contributed by atoms with Gasteiger partial charge in [0.15, 0.2) is 0 Å². The number of imide groups is 1. The van der Waals surface area contributed by atoms with Crippen LogP contribution in [0.3, 0.4) is 0 Å². The highest BCUT2D eigenvalue weighted by Crippen LogP contribution is 2.41. The zero-order chi connectivity index (χ0) is 20.8. The molecule has 0 atom stereocenters. The maximum absolute atomic E-state index is 13.7. The molecule has 0 unspecified atom stereocenters. The summed E-state index contributed by atoms with van der Waals surface area (Å²) < 4.78 is 0. The van der Waals surface area contributed by atoms with Crippen LogP contribution in [0, 0.1) is 6.92 Å². The smallest absolute Gasteiger partial charge is 0.282 e. The van der Waals surface area contributed by atoms with E-state index in [2.05, 4.69) is 6.07 Å². The molecule has 0 N–H and O–H groups in total. The number of hydrogen-bond donors (Lipinski definition) is 0. The van der Waals surface area contributed by atoms with Gasteiger partial charge in [0.2, 0.25) is 0 Å². The Labute approximate surface area is 180 Å². The van der Waals surface area contributed by atoms with Crippen molar-refractivity contribution in [2.45, 2.75) is 13.3 Å². The molecule has 3 aromatic rings. The van der Waals surface area contributed by atoms with Gasteiger partial charge in [0.25, 0.3) is 11.8 Å². The molecule has 3 aromatic carbocycles. The Bertz CT molecular complexity index is 1210. The first kappa shape index (κ1) is 18.6. The topological polar surface area (TPSA) is 40.6 Å². The van der Waals surface area contributed by atoms with Crippen LogP contribution in [0.2, 0.25) is 5.02 Å². The lowest BCUT2D eigenvalue weighted by molar-refractivity contribution is -0.120. The summed E-state index contributed by atoms with van der Waals surface area (Å²) in [5.41, 5.74) is 5.19. The summed E-state index contributed by atoms with van der Waals surface area (Å²) in [6, 6.07) is 22.7. The lowest BCUT2D eigenvalue weighted by Gasteiger charge is -2.22. The molecular formula is C25H19ClN2O2. The Hall–Kier alpha value is -3.37. The minimum absolute atomic E-state index is 0.347. The Morgan fingerprint density at radius 2 is 1.47 bits per heavy atom. The summed E-state index contributed by atoms with van der Waals surface area (Å²) in [6.45, 7) is 2.65. The molecule has 0 aromatic heterocycles. The molecule has 5 heteroatoms. The van der Waals surface area contributed by atoms with Crippen molar-refractivity contribution in [1.29, 1.82) is 0 Å². The lowest BCUT2D eigenvalue weighted by Crippen LogP contribution is -2.35. The van der Waals surface area contributed by atoms with Gasteiger partial charge < -0.3 is 4.90 Å². The highest BCUT2D eigenvalue weighted by Gasteiger charge is 2.44. The first-order chi connectivity index (χ1) is 14.6. The van der Waals surface area contributed by atoms with Crippen LogP contribution in [0.15, 0.2) is 78.5 Å². The maximum atomic E-state index is 13.7. The number of carbonyl (C=O) groups is 2. The van der Waals surface area contributed by atoms with Crippen LogP contribution in [-0.2, 0) is 16.0 Å². The highest BCUT2D eigenvalue weighted by molar-refractivity contribution is 6.48. The summed E-state index contributed by atoms with van der Waals surface area (Å²) in [4.78, 5) is 30.4. The Morgan fingerprint density at radius 3 is 2.20 bits per heavy atom. The van der Waals surface area contributed by atoms with Crippen molar-refractivity contribution in [3.05, 3.63) is 100 Å². The number of para-hydroxylation sites is 2. The average Bonchev–Trinajstić information content (AvgIpc) is 3.28. The van der Waals surface area contributed by atoms with Crippen LogP contribution >= 0.6 is 11.6 Å². The van der Waals surface area contributed by atoms with Gasteiger partial charge in [-0.05, 0) is 42.7 Å². The van der Waals surface area contributed by atoms with E-state index < -0.39 is 0 Å². The largest absolute Gasteiger partial charge is 0.336 e. The van der Waals surface area contributed by atoms with Gasteiger partial charge in [0.1, 0.15) is 5.70 Å². The second-order valence-electron chi connectivity index (χ2n) is 7.52. The molecule has 30 heavy (non-hydrogen) atoms. The summed E-state index contributed by atoms with van der Waals surface area (Å²) in [5, 5.41) is 0.366. The van der Waals surface area contributed by atoms with Crippen LogP contribution in [0.25, 0.3) is 5.57 Å². The predicted molar refractivity (Wildman–Crippen MR) is 120 cm³/mol. The Balaban J connectivity index is 1.70. The molecule has 4 nitrogen and oxygen atoms in total. The number of anilines is 2. The second-order valence-corrected chi connectivity index (χ2v) is 7.92. The number of fused-ring (bicyclic) bond motifs is 1. The van der Waals surface area contributed by atoms with Gasteiger partial charge in [-0.3, -0.25) is 9.59 Å². The molecule has 5 rings (SSSR count). The van der Waals surface area contributed by atoms with Gasteiger partial charge >= 0.3 is 0 Å². The van der Waals surface area contributed by atoms with E-state index in [0.29, 0.717) is 28.5 Å². The zero-order valence-electron chi connectivity index (χ0n) is 16.4. The lowest BCUT2D eigenvalue weighted by atomic mass is 10.0. The first-order valence-corrected chi connectivity index (χ1v) is 10.2. The number of hydrogen-bond acceptors (Lipinski definition) is 3. The maximum Gasteiger partial charge on any atom is 0.282 e. The van der Waals surface area contributed by atoms with Gasteiger partial charge in [-0.1, -0.05) is 71.8 Å². The van der Waals surface area contributed by atoms with E-state index >= 15 is 0 Å². The number of benzene rings is 3. The van der Waals surface area contributed by atoms with Gasteiger partial charge in [0.05, 0.1) is 16.3 Å². The highest BCUT2D eigenvalue weighted by atomic mass is 35.5. The van der Waals surface area contributed by atoms with Crippen molar-refractivity contribution in [2.75, 3.05) is 16.3 Å². The van der Waals surface area contributed by atoms with Crippen LogP contribution in [0.5, 0.6) is 0 Å². The van der Waals surface area contributed by atoms with Crippen LogP contribution < -0.4 is 9.80 Å². The van der Waals surface area contributed by atoms with Gasteiger partial charge in [-0.2, -0.15) is 0 Å². The molecule has 0 spiro atoms. The molecule has 2 heterocycles. The number of nitrogens with zero attached hydrogens (tertiary/aromatic N) is 2. The van der Waals surface area contributed by atoms with Gasteiger partial charge in [-0.15, -0.1) is 0 Å².